The minimum Gasteiger partial charge on any atom is -0.404 e. The van der Waals surface area contributed by atoms with Crippen LogP contribution in [-0.4, -0.2) is 139 Å². The van der Waals surface area contributed by atoms with Gasteiger partial charge in [0.1, 0.15) is 12.2 Å². The van der Waals surface area contributed by atoms with Crippen molar-refractivity contribution in [2.24, 2.45) is 22.4 Å². The molecule has 2 aromatic rings. The molecule has 0 spiro atoms. The molecule has 6 amide bonds. The minimum atomic E-state index is -2.75. The average Bonchev–Trinajstić information content (AvgIpc) is 3.59. The van der Waals surface area contributed by atoms with Gasteiger partial charge in [-0.25, -0.2) is 8.78 Å². The SMILES string of the molecule is CN=C/C(=C\N)c1cc2c(cc1C(F)F)N(C(N)C1=C(NC3CCN(C(=O)CCN4CCC(CCc5cccc6c5C(=O)N(C5CCC(=O)NC5=O)C6=O)CC4)CC3)CCN(C(C)=O)C1)CCC2. The van der Waals surface area contributed by atoms with Crippen LogP contribution in [0.3, 0.4) is 0 Å². The zero-order chi connectivity index (χ0) is 48.2. The van der Waals surface area contributed by atoms with E-state index in [-0.39, 0.29) is 36.3 Å². The van der Waals surface area contributed by atoms with E-state index in [1.54, 1.807) is 37.1 Å². The number of fused-ring (bicyclic) bond motifs is 2. The van der Waals surface area contributed by atoms with E-state index < -0.39 is 42.3 Å². The fourth-order valence-corrected chi connectivity index (χ4v) is 11.0. The molecule has 6 N–H and O–H groups in total. The summed E-state index contributed by atoms with van der Waals surface area (Å²) in [6, 6.07) is 7.71. The van der Waals surface area contributed by atoms with Gasteiger partial charge in [-0.05, 0) is 112 Å². The van der Waals surface area contributed by atoms with E-state index in [4.69, 9.17) is 11.5 Å². The van der Waals surface area contributed by atoms with Gasteiger partial charge in [-0.1, -0.05) is 12.1 Å². The number of carbonyl (C=O) groups is 6. The van der Waals surface area contributed by atoms with Gasteiger partial charge in [0.25, 0.3) is 18.2 Å². The van der Waals surface area contributed by atoms with Crippen molar-refractivity contribution in [1.29, 1.82) is 0 Å². The number of carbonyl (C=O) groups excluding carboxylic acids is 6. The lowest BCUT2D eigenvalue weighted by atomic mass is 9.89. The third-order valence-electron chi connectivity index (χ3n) is 14.9. The lowest BCUT2D eigenvalue weighted by Crippen LogP contribution is -2.54. The monoisotopic (exact) mass is 938 g/mol. The van der Waals surface area contributed by atoms with E-state index in [1.165, 1.54) is 18.5 Å². The molecule has 0 aliphatic carbocycles. The molecule has 0 aromatic heterocycles. The number of amides is 6. The number of nitrogens with two attached hydrogens (primary N) is 2. The fourth-order valence-electron chi connectivity index (χ4n) is 11.0. The highest BCUT2D eigenvalue weighted by atomic mass is 19.3. The molecule has 6 aliphatic heterocycles. The van der Waals surface area contributed by atoms with Crippen LogP contribution in [0, 0.1) is 5.92 Å². The largest absolute Gasteiger partial charge is 0.404 e. The smallest absolute Gasteiger partial charge is 0.264 e. The maximum Gasteiger partial charge on any atom is 0.264 e. The van der Waals surface area contributed by atoms with Crippen LogP contribution in [0.15, 0.2) is 52.8 Å². The van der Waals surface area contributed by atoms with Crippen LogP contribution in [0.1, 0.15) is 121 Å². The lowest BCUT2D eigenvalue weighted by Gasteiger charge is -2.42. The fraction of sp³-hybridized carbons (Fsp3) is 0.540. The second-order valence-electron chi connectivity index (χ2n) is 19.0. The number of aliphatic imine (C=N–C) groups is 1. The number of allylic oxidation sites excluding steroid dienone is 1. The maximum absolute atomic E-state index is 14.6. The van der Waals surface area contributed by atoms with Gasteiger partial charge in [0.2, 0.25) is 23.6 Å². The van der Waals surface area contributed by atoms with E-state index in [0.29, 0.717) is 98.8 Å². The maximum atomic E-state index is 14.6. The summed E-state index contributed by atoms with van der Waals surface area (Å²) in [6.07, 6.45) is 6.97. The highest BCUT2D eigenvalue weighted by molar-refractivity contribution is 6.24. The molecule has 364 valence electrons. The van der Waals surface area contributed by atoms with Gasteiger partial charge in [0.15, 0.2) is 0 Å². The van der Waals surface area contributed by atoms with Crippen LogP contribution in [-0.2, 0) is 32.0 Å². The summed E-state index contributed by atoms with van der Waals surface area (Å²) < 4.78 is 29.2. The molecule has 3 saturated heterocycles. The van der Waals surface area contributed by atoms with Crippen molar-refractivity contribution < 1.29 is 37.5 Å². The summed E-state index contributed by atoms with van der Waals surface area (Å²) in [5.41, 5.74) is 18.4. The van der Waals surface area contributed by atoms with Crippen LogP contribution in [0.2, 0.25) is 0 Å². The Labute approximate surface area is 396 Å². The number of anilines is 1. The summed E-state index contributed by atoms with van der Waals surface area (Å²) in [5.74, 6) is -1.48. The highest BCUT2D eigenvalue weighted by Gasteiger charge is 2.45. The van der Waals surface area contributed by atoms with Crippen molar-refractivity contribution in [3.8, 4) is 0 Å². The number of alkyl halides is 2. The number of imide groups is 2. The molecule has 68 heavy (non-hydrogen) atoms. The third-order valence-corrected chi connectivity index (χ3v) is 14.9. The van der Waals surface area contributed by atoms with Gasteiger partial charge in [0, 0.05) is 119 Å². The summed E-state index contributed by atoms with van der Waals surface area (Å²) in [5, 5.41) is 6.01. The van der Waals surface area contributed by atoms with Crippen molar-refractivity contribution in [3.63, 3.8) is 0 Å². The van der Waals surface area contributed by atoms with Crippen molar-refractivity contribution in [2.45, 2.75) is 109 Å². The molecule has 2 aromatic carbocycles. The number of halogens is 2. The molecule has 0 saturated carbocycles. The summed E-state index contributed by atoms with van der Waals surface area (Å²) in [7, 11) is 1.57. The molecule has 16 nitrogen and oxygen atoms in total. The molecule has 6 heterocycles. The molecular formula is C50H64F2N10O6. The molecule has 0 radical (unpaired) electrons. The van der Waals surface area contributed by atoms with Crippen LogP contribution in [0.5, 0.6) is 0 Å². The number of rotatable bonds is 14. The lowest BCUT2D eigenvalue weighted by molar-refractivity contribution is -0.136. The summed E-state index contributed by atoms with van der Waals surface area (Å²) in [6.45, 7) is 6.65. The van der Waals surface area contributed by atoms with Gasteiger partial charge in [-0.2, -0.15) is 0 Å². The number of hydrogen-bond donors (Lipinski definition) is 4. The Kier molecular flexibility index (Phi) is 15.0. The Bertz CT molecular complexity index is 2410. The zero-order valence-electron chi connectivity index (χ0n) is 39.1. The topological polar surface area (TPSA) is 207 Å². The molecule has 18 heteroatoms. The Hall–Kier alpha value is -6.01. The van der Waals surface area contributed by atoms with Gasteiger partial charge in [0.05, 0.1) is 11.1 Å². The first kappa shape index (κ1) is 48.4. The van der Waals surface area contributed by atoms with Crippen LogP contribution in [0.25, 0.3) is 5.57 Å². The highest BCUT2D eigenvalue weighted by Crippen LogP contribution is 2.39. The van der Waals surface area contributed by atoms with Crippen LogP contribution < -0.4 is 27.0 Å². The Morgan fingerprint density at radius 3 is 2.40 bits per heavy atom. The third kappa shape index (κ3) is 10.2. The predicted molar refractivity (Wildman–Crippen MR) is 253 cm³/mol. The molecular weight excluding hydrogens is 875 g/mol. The molecule has 3 fully saturated rings. The number of nitrogens with zero attached hydrogens (tertiary/aromatic N) is 6. The Balaban J connectivity index is 0.823. The first-order valence-corrected chi connectivity index (χ1v) is 24.1. The summed E-state index contributed by atoms with van der Waals surface area (Å²) in [4.78, 5) is 90.3. The van der Waals surface area contributed by atoms with E-state index >= 15 is 0 Å². The second kappa shape index (κ2) is 21.1. The molecule has 2 unspecified atom stereocenters. The standard InChI is InChI=1S/C50H64F2N10O6/c1-30(63)60-24-16-40(39(29-60)47(54)61-18-4-6-33-25-37(34(27-53)28-55-2)38(46(51)52)26-42(33)61)56-35-14-22-59(23-15-35)44(65)17-21-58-19-12-31(13-20-58)8-9-32-5-3-7-36-45(32)50(68)62(49(36)67)41-10-11-43(64)57-48(41)66/h3,5,7,25-28,31,35,41,46-47,56H,4,6,8-24,29,53-54H2,1-2H3,(H,57,64,66)/b34-27+,55-28?. The Morgan fingerprint density at radius 1 is 0.941 bits per heavy atom. The molecule has 0 bridgehead atoms. The Morgan fingerprint density at radius 2 is 1.71 bits per heavy atom. The number of hydrogen-bond acceptors (Lipinski definition) is 12. The van der Waals surface area contributed by atoms with Gasteiger partial charge < -0.3 is 36.4 Å². The number of benzene rings is 2. The zero-order valence-corrected chi connectivity index (χ0v) is 39.1. The van der Waals surface area contributed by atoms with Crippen molar-refractivity contribution in [3.05, 3.63) is 81.2 Å². The molecule has 6 aliphatic rings. The number of likely N-dealkylation sites (tertiary alicyclic amines) is 2. The number of aryl methyl sites for hydroxylation is 2. The summed E-state index contributed by atoms with van der Waals surface area (Å²) >= 11 is 0. The average molecular weight is 939 g/mol. The normalized spacial score (nSPS) is 21.8. The van der Waals surface area contributed by atoms with E-state index in [9.17, 15) is 37.5 Å². The van der Waals surface area contributed by atoms with E-state index in [1.807, 2.05) is 15.9 Å². The van der Waals surface area contributed by atoms with Gasteiger partial charge >= 0.3 is 0 Å². The van der Waals surface area contributed by atoms with E-state index in [0.717, 1.165) is 78.9 Å². The quantitative estimate of drug-likeness (QED) is 0.158. The van der Waals surface area contributed by atoms with Crippen LogP contribution in [0.4, 0.5) is 14.5 Å². The first-order chi connectivity index (χ1) is 32.8. The van der Waals surface area contributed by atoms with Gasteiger partial charge in [-0.15, -0.1) is 0 Å². The first-order valence-electron chi connectivity index (χ1n) is 24.1. The second-order valence-corrected chi connectivity index (χ2v) is 19.0. The number of piperidine rings is 3. The van der Waals surface area contributed by atoms with Crippen molar-refractivity contribution in [1.82, 2.24) is 30.2 Å². The van der Waals surface area contributed by atoms with E-state index in [2.05, 4.69) is 20.5 Å². The molecule has 2 atom stereocenters. The van der Waals surface area contributed by atoms with Crippen LogP contribution >= 0.6 is 0 Å². The van der Waals surface area contributed by atoms with Crippen molar-refractivity contribution in [2.75, 3.05) is 64.3 Å². The van der Waals surface area contributed by atoms with Gasteiger partial charge in [-0.3, -0.25) is 44.0 Å². The van der Waals surface area contributed by atoms with Crippen molar-refractivity contribution >= 4 is 52.9 Å². The predicted octanol–water partition coefficient (Wildman–Crippen LogP) is 3.88. The minimum absolute atomic E-state index is 0.0562. The number of nitrogens with one attached hydrogen (secondary N) is 2. The molecule has 8 rings (SSSR count).